The third-order valence-corrected chi connectivity index (χ3v) is 6.09. The van der Waals surface area contributed by atoms with Crippen LogP contribution in [0, 0.1) is 5.41 Å². The van der Waals surface area contributed by atoms with Gasteiger partial charge in [-0.3, -0.25) is 14.6 Å². The van der Waals surface area contributed by atoms with Gasteiger partial charge in [0.15, 0.2) is 0 Å². The van der Waals surface area contributed by atoms with Crippen LogP contribution in [0.3, 0.4) is 0 Å². The summed E-state index contributed by atoms with van der Waals surface area (Å²) in [7, 11) is 0. The molecular weight excluding hydrogens is 338 g/mol. The van der Waals surface area contributed by atoms with Gasteiger partial charge in [-0.05, 0) is 37.0 Å². The number of pyridine rings is 1. The Morgan fingerprint density at radius 1 is 1.15 bits per heavy atom. The van der Waals surface area contributed by atoms with Crippen LogP contribution < -0.4 is 5.32 Å². The molecule has 1 saturated heterocycles. The smallest absolute Gasteiger partial charge is 0.269 e. The highest BCUT2D eigenvalue weighted by atomic mass is 16.2. The summed E-state index contributed by atoms with van der Waals surface area (Å²) >= 11 is 0. The Kier molecular flexibility index (Phi) is 4.92. The van der Waals surface area contributed by atoms with Gasteiger partial charge in [-0.2, -0.15) is 0 Å². The first-order chi connectivity index (χ1) is 13.2. The predicted octanol–water partition coefficient (Wildman–Crippen LogP) is 3.17. The van der Waals surface area contributed by atoms with Crippen LogP contribution in [-0.4, -0.2) is 34.3 Å². The Hall–Kier alpha value is -2.69. The van der Waals surface area contributed by atoms with Gasteiger partial charge in [0.05, 0.1) is 0 Å². The minimum absolute atomic E-state index is 0.0207. The monoisotopic (exact) mass is 363 g/mol. The van der Waals surface area contributed by atoms with Gasteiger partial charge >= 0.3 is 0 Å². The van der Waals surface area contributed by atoms with Crippen molar-refractivity contribution in [3.8, 4) is 0 Å². The maximum Gasteiger partial charge on any atom is 0.269 e. The minimum atomic E-state index is -0.137. The lowest BCUT2D eigenvalue weighted by atomic mass is 9.74. The second kappa shape index (κ2) is 7.51. The van der Waals surface area contributed by atoms with Crippen molar-refractivity contribution in [1.82, 2.24) is 15.2 Å². The van der Waals surface area contributed by atoms with Crippen molar-refractivity contribution in [3.63, 3.8) is 0 Å². The fourth-order valence-electron chi connectivity index (χ4n) is 4.69. The van der Waals surface area contributed by atoms with E-state index < -0.39 is 0 Å². The van der Waals surface area contributed by atoms with Crippen LogP contribution in [0.15, 0.2) is 54.7 Å². The molecule has 0 bridgehead atoms. The van der Waals surface area contributed by atoms with Crippen LogP contribution in [0.2, 0.25) is 0 Å². The van der Waals surface area contributed by atoms with Crippen LogP contribution in [0.25, 0.3) is 0 Å². The van der Waals surface area contributed by atoms with Crippen molar-refractivity contribution in [2.24, 2.45) is 5.41 Å². The van der Waals surface area contributed by atoms with E-state index in [1.807, 2.05) is 24.3 Å². The number of hydrogen-bond acceptors (Lipinski definition) is 3. The van der Waals surface area contributed by atoms with Gasteiger partial charge in [0.2, 0.25) is 5.91 Å². The van der Waals surface area contributed by atoms with Gasteiger partial charge in [-0.15, -0.1) is 0 Å². The standard InChI is InChI=1S/C22H25N3O2/c26-20-11-13-22(16-24-21(27)18-9-4-5-14-23-18)12-6-10-19(22)25(20)15-17-7-2-1-3-8-17/h1-5,7-9,14,19H,6,10-13,15-16H2,(H,24,27)/t19-,22+/m1/s1. The van der Waals surface area contributed by atoms with Gasteiger partial charge in [0, 0.05) is 37.2 Å². The molecule has 2 amide bonds. The first kappa shape index (κ1) is 17.7. The number of piperidine rings is 1. The predicted molar refractivity (Wildman–Crippen MR) is 103 cm³/mol. The zero-order valence-electron chi connectivity index (χ0n) is 15.4. The van der Waals surface area contributed by atoms with E-state index in [4.69, 9.17) is 0 Å². The molecule has 1 N–H and O–H groups in total. The molecule has 4 rings (SSSR count). The van der Waals surface area contributed by atoms with Crippen molar-refractivity contribution in [2.45, 2.75) is 44.7 Å². The number of hydrogen-bond donors (Lipinski definition) is 1. The molecule has 27 heavy (non-hydrogen) atoms. The molecule has 2 fully saturated rings. The number of nitrogens with zero attached hydrogens (tertiary/aromatic N) is 2. The summed E-state index contributed by atoms with van der Waals surface area (Å²) in [4.78, 5) is 31.3. The van der Waals surface area contributed by atoms with Gasteiger partial charge in [-0.25, -0.2) is 0 Å². The van der Waals surface area contributed by atoms with E-state index in [1.165, 1.54) is 0 Å². The average Bonchev–Trinajstić information content (AvgIpc) is 3.14. The third-order valence-electron chi connectivity index (χ3n) is 6.09. The van der Waals surface area contributed by atoms with Crippen molar-refractivity contribution in [2.75, 3.05) is 6.54 Å². The van der Waals surface area contributed by atoms with Gasteiger partial charge in [0.1, 0.15) is 5.69 Å². The highest BCUT2D eigenvalue weighted by Crippen LogP contribution is 2.48. The Labute approximate surface area is 159 Å². The molecule has 2 heterocycles. The van der Waals surface area contributed by atoms with E-state index in [9.17, 15) is 9.59 Å². The van der Waals surface area contributed by atoms with Crippen molar-refractivity contribution >= 4 is 11.8 Å². The quantitative estimate of drug-likeness (QED) is 0.887. The summed E-state index contributed by atoms with van der Waals surface area (Å²) in [5.41, 5.74) is 1.58. The molecular formula is C22H25N3O2. The second-order valence-electron chi connectivity index (χ2n) is 7.68. The Bertz CT molecular complexity index is 809. The summed E-state index contributed by atoms with van der Waals surface area (Å²) in [5, 5.41) is 3.09. The molecule has 5 heteroatoms. The lowest BCUT2D eigenvalue weighted by Crippen LogP contribution is -2.55. The van der Waals surface area contributed by atoms with E-state index in [-0.39, 0.29) is 23.3 Å². The largest absolute Gasteiger partial charge is 0.350 e. The number of carbonyl (C=O) groups excluding carboxylic acids is 2. The van der Waals surface area contributed by atoms with Crippen LogP contribution in [0.4, 0.5) is 0 Å². The van der Waals surface area contributed by atoms with Crippen LogP contribution in [0.5, 0.6) is 0 Å². The average molecular weight is 363 g/mol. The lowest BCUT2D eigenvalue weighted by Gasteiger charge is -2.46. The zero-order chi connectivity index (χ0) is 18.7. The van der Waals surface area contributed by atoms with E-state index in [0.29, 0.717) is 25.2 Å². The van der Waals surface area contributed by atoms with E-state index in [0.717, 1.165) is 31.2 Å². The third kappa shape index (κ3) is 3.59. The molecule has 1 aromatic carbocycles. The molecule has 0 unspecified atom stereocenters. The number of nitrogens with one attached hydrogen (secondary N) is 1. The van der Waals surface area contributed by atoms with E-state index >= 15 is 0 Å². The molecule has 2 atom stereocenters. The van der Waals surface area contributed by atoms with Gasteiger partial charge in [-0.1, -0.05) is 42.8 Å². The summed E-state index contributed by atoms with van der Waals surface area (Å²) in [6, 6.07) is 15.7. The number of fused-ring (bicyclic) bond motifs is 1. The Balaban J connectivity index is 1.49. The number of benzene rings is 1. The SMILES string of the molecule is O=C(NC[C@@]12CCC[C@H]1N(Cc1ccccc1)C(=O)CC2)c1ccccn1. The number of rotatable bonds is 5. The maximum absolute atomic E-state index is 12.7. The minimum Gasteiger partial charge on any atom is -0.350 e. The van der Waals surface area contributed by atoms with Crippen LogP contribution in [0.1, 0.15) is 48.2 Å². The summed E-state index contributed by atoms with van der Waals surface area (Å²) < 4.78 is 0. The highest BCUT2D eigenvalue weighted by molar-refractivity contribution is 5.92. The topological polar surface area (TPSA) is 62.3 Å². The van der Waals surface area contributed by atoms with Gasteiger partial charge in [0.25, 0.3) is 5.91 Å². The molecule has 0 spiro atoms. The van der Waals surface area contributed by atoms with E-state index in [1.54, 1.807) is 18.3 Å². The Morgan fingerprint density at radius 3 is 2.74 bits per heavy atom. The molecule has 1 aliphatic carbocycles. The van der Waals surface area contributed by atoms with Gasteiger partial charge < -0.3 is 10.2 Å². The second-order valence-corrected chi connectivity index (χ2v) is 7.68. The molecule has 2 aromatic rings. The molecule has 1 aromatic heterocycles. The summed E-state index contributed by atoms with van der Waals surface area (Å²) in [5.74, 6) is 0.0968. The van der Waals surface area contributed by atoms with Crippen molar-refractivity contribution in [1.29, 1.82) is 0 Å². The first-order valence-electron chi connectivity index (χ1n) is 9.71. The molecule has 1 saturated carbocycles. The lowest BCUT2D eigenvalue weighted by molar-refractivity contribution is -0.142. The fraction of sp³-hybridized carbons (Fsp3) is 0.409. The van der Waals surface area contributed by atoms with Crippen LogP contribution >= 0.6 is 0 Å². The maximum atomic E-state index is 12.7. The molecule has 5 nitrogen and oxygen atoms in total. The van der Waals surface area contributed by atoms with Crippen molar-refractivity contribution < 1.29 is 9.59 Å². The number of carbonyl (C=O) groups is 2. The number of amides is 2. The number of likely N-dealkylation sites (tertiary alicyclic amines) is 1. The first-order valence-corrected chi connectivity index (χ1v) is 9.71. The van der Waals surface area contributed by atoms with Crippen molar-refractivity contribution in [3.05, 3.63) is 66.0 Å². The molecule has 2 aliphatic rings. The Morgan fingerprint density at radius 2 is 1.96 bits per heavy atom. The summed E-state index contributed by atoms with van der Waals surface area (Å²) in [6.07, 6.45) is 6.21. The highest BCUT2D eigenvalue weighted by Gasteiger charge is 2.50. The normalized spacial score (nSPS) is 24.5. The molecule has 0 radical (unpaired) electrons. The van der Waals surface area contributed by atoms with E-state index in [2.05, 4.69) is 27.3 Å². The molecule has 1 aliphatic heterocycles. The van der Waals surface area contributed by atoms with Crippen LogP contribution in [-0.2, 0) is 11.3 Å². The zero-order valence-corrected chi connectivity index (χ0v) is 15.4. The summed E-state index contributed by atoms with van der Waals surface area (Å²) in [6.45, 7) is 1.26. The molecule has 140 valence electrons. The fourth-order valence-corrected chi connectivity index (χ4v) is 4.69. The number of aromatic nitrogens is 1.